The molecular formula is C10H16N2O3. The minimum Gasteiger partial charge on any atom is -0.464 e. The van der Waals surface area contributed by atoms with E-state index in [0.29, 0.717) is 11.4 Å². The Morgan fingerprint density at radius 3 is 2.73 bits per heavy atom. The molecule has 1 aromatic rings. The third kappa shape index (κ3) is 2.99. The number of carbonyl (C=O) groups is 1. The molecule has 0 unspecified atom stereocenters. The van der Waals surface area contributed by atoms with Crippen LogP contribution in [0, 0.1) is 0 Å². The van der Waals surface area contributed by atoms with Gasteiger partial charge in [0.25, 0.3) is 0 Å². The van der Waals surface area contributed by atoms with Crippen molar-refractivity contribution in [3.05, 3.63) is 18.0 Å². The molecular weight excluding hydrogens is 196 g/mol. The fourth-order valence-electron chi connectivity index (χ4n) is 1.36. The minimum atomic E-state index is -0.909. The van der Waals surface area contributed by atoms with Crippen molar-refractivity contribution in [3.8, 4) is 0 Å². The number of esters is 1. The Balaban J connectivity index is 3.01. The number of nitrogen functional groups attached to an aromatic ring is 1. The molecule has 1 rings (SSSR count). The number of rotatable bonds is 3. The molecule has 0 amide bonds. The van der Waals surface area contributed by atoms with Crippen molar-refractivity contribution in [2.24, 2.45) is 0 Å². The van der Waals surface area contributed by atoms with Crippen LogP contribution in [0.15, 0.2) is 12.3 Å². The molecule has 0 bridgehead atoms. The number of nitrogens with zero attached hydrogens (tertiary/aromatic N) is 1. The molecule has 0 radical (unpaired) electrons. The molecule has 0 aliphatic heterocycles. The highest BCUT2D eigenvalue weighted by Gasteiger charge is 2.19. The predicted molar refractivity (Wildman–Crippen MR) is 56.5 cm³/mol. The highest BCUT2D eigenvalue weighted by atomic mass is 16.5. The van der Waals surface area contributed by atoms with Crippen LogP contribution in [0.2, 0.25) is 0 Å². The Hall–Kier alpha value is -1.49. The number of hydrogen-bond donors (Lipinski definition) is 2. The van der Waals surface area contributed by atoms with Crippen molar-refractivity contribution in [3.63, 3.8) is 0 Å². The maximum atomic E-state index is 11.4. The summed E-state index contributed by atoms with van der Waals surface area (Å²) in [5, 5.41) is 9.65. The molecule has 0 saturated heterocycles. The Labute approximate surface area is 88.4 Å². The van der Waals surface area contributed by atoms with E-state index in [1.54, 1.807) is 24.6 Å². The van der Waals surface area contributed by atoms with E-state index in [1.807, 2.05) is 0 Å². The average molecular weight is 212 g/mol. The van der Waals surface area contributed by atoms with Crippen LogP contribution in [0.3, 0.4) is 0 Å². The standard InChI is InChI=1S/C10H16N2O3/c1-10(2,14)6-12-5-7(11)4-8(12)9(13)15-3/h4-5,14H,6,11H2,1-3H3. The van der Waals surface area contributed by atoms with Crippen molar-refractivity contribution in [1.29, 1.82) is 0 Å². The van der Waals surface area contributed by atoms with E-state index in [1.165, 1.54) is 13.2 Å². The molecule has 0 spiro atoms. The SMILES string of the molecule is COC(=O)c1cc(N)cn1CC(C)(C)O. The number of aromatic nitrogens is 1. The number of nitrogens with two attached hydrogens (primary N) is 1. The second kappa shape index (κ2) is 3.94. The smallest absolute Gasteiger partial charge is 0.354 e. The first kappa shape index (κ1) is 11.6. The molecule has 0 aromatic carbocycles. The lowest BCUT2D eigenvalue weighted by atomic mass is 10.1. The Bertz CT molecular complexity index is 363. The van der Waals surface area contributed by atoms with Crippen LogP contribution in [0.1, 0.15) is 24.3 Å². The van der Waals surface area contributed by atoms with Crippen molar-refractivity contribution < 1.29 is 14.6 Å². The summed E-state index contributed by atoms with van der Waals surface area (Å²) in [7, 11) is 1.31. The summed E-state index contributed by atoms with van der Waals surface area (Å²) in [6.45, 7) is 3.60. The van der Waals surface area contributed by atoms with Gasteiger partial charge >= 0.3 is 5.97 Å². The number of anilines is 1. The molecule has 5 heteroatoms. The highest BCUT2D eigenvalue weighted by Crippen LogP contribution is 2.15. The molecule has 0 aliphatic carbocycles. The van der Waals surface area contributed by atoms with Crippen LogP contribution < -0.4 is 5.73 Å². The van der Waals surface area contributed by atoms with Gasteiger partial charge in [-0.25, -0.2) is 4.79 Å². The van der Waals surface area contributed by atoms with Crippen molar-refractivity contribution in [1.82, 2.24) is 4.57 Å². The zero-order chi connectivity index (χ0) is 11.6. The second-order valence-corrected chi connectivity index (χ2v) is 4.09. The van der Waals surface area contributed by atoms with E-state index < -0.39 is 11.6 Å². The Kier molecular flexibility index (Phi) is 3.04. The van der Waals surface area contributed by atoms with Crippen molar-refractivity contribution in [2.45, 2.75) is 26.0 Å². The third-order valence-electron chi connectivity index (χ3n) is 1.87. The average Bonchev–Trinajstić information content (AvgIpc) is 2.42. The molecule has 5 nitrogen and oxygen atoms in total. The largest absolute Gasteiger partial charge is 0.464 e. The van der Waals surface area contributed by atoms with Crippen LogP contribution in [0.5, 0.6) is 0 Å². The third-order valence-corrected chi connectivity index (χ3v) is 1.87. The van der Waals surface area contributed by atoms with Gasteiger partial charge in [-0.15, -0.1) is 0 Å². The van der Waals surface area contributed by atoms with E-state index in [-0.39, 0.29) is 6.54 Å². The van der Waals surface area contributed by atoms with Crippen molar-refractivity contribution >= 4 is 11.7 Å². The normalized spacial score (nSPS) is 11.5. The van der Waals surface area contributed by atoms with Gasteiger partial charge in [0.1, 0.15) is 5.69 Å². The summed E-state index contributed by atoms with van der Waals surface area (Å²) in [6, 6.07) is 1.53. The lowest BCUT2D eigenvalue weighted by Crippen LogP contribution is -2.27. The van der Waals surface area contributed by atoms with E-state index in [4.69, 9.17) is 5.73 Å². The lowest BCUT2D eigenvalue weighted by molar-refractivity contribution is 0.0522. The van der Waals surface area contributed by atoms with Crippen molar-refractivity contribution in [2.75, 3.05) is 12.8 Å². The fraction of sp³-hybridized carbons (Fsp3) is 0.500. The molecule has 15 heavy (non-hydrogen) atoms. The Morgan fingerprint density at radius 1 is 1.67 bits per heavy atom. The van der Waals surface area contributed by atoms with Crippen LogP contribution >= 0.6 is 0 Å². The molecule has 84 valence electrons. The van der Waals surface area contributed by atoms with Crippen LogP contribution in [0.25, 0.3) is 0 Å². The van der Waals surface area contributed by atoms with Gasteiger partial charge < -0.3 is 20.1 Å². The van der Waals surface area contributed by atoms with Gasteiger partial charge in [0.15, 0.2) is 0 Å². The van der Waals surface area contributed by atoms with Crippen LogP contribution in [0.4, 0.5) is 5.69 Å². The quantitative estimate of drug-likeness (QED) is 0.720. The molecule has 0 saturated carbocycles. The van der Waals surface area contributed by atoms with E-state index in [9.17, 15) is 9.90 Å². The lowest BCUT2D eigenvalue weighted by Gasteiger charge is -2.19. The zero-order valence-corrected chi connectivity index (χ0v) is 9.15. The predicted octanol–water partition coefficient (Wildman–Crippen LogP) is 0.628. The monoisotopic (exact) mass is 212 g/mol. The molecule has 1 heterocycles. The van der Waals surface area contributed by atoms with Gasteiger partial charge in [-0.3, -0.25) is 0 Å². The van der Waals surface area contributed by atoms with Crippen LogP contribution in [-0.4, -0.2) is 28.4 Å². The van der Waals surface area contributed by atoms with Gasteiger partial charge in [0, 0.05) is 6.20 Å². The zero-order valence-electron chi connectivity index (χ0n) is 9.15. The van der Waals surface area contributed by atoms with E-state index in [0.717, 1.165) is 0 Å². The second-order valence-electron chi connectivity index (χ2n) is 4.09. The van der Waals surface area contributed by atoms with Gasteiger partial charge in [0.2, 0.25) is 0 Å². The molecule has 3 N–H and O–H groups in total. The fourth-order valence-corrected chi connectivity index (χ4v) is 1.36. The van der Waals surface area contributed by atoms with E-state index >= 15 is 0 Å². The molecule has 0 aliphatic rings. The summed E-state index contributed by atoms with van der Waals surface area (Å²) in [6.07, 6.45) is 1.60. The minimum absolute atomic E-state index is 0.286. The summed E-state index contributed by atoms with van der Waals surface area (Å²) in [5.74, 6) is -0.462. The highest BCUT2D eigenvalue weighted by molar-refractivity contribution is 5.88. The first-order valence-electron chi connectivity index (χ1n) is 4.60. The topological polar surface area (TPSA) is 77.5 Å². The van der Waals surface area contributed by atoms with Gasteiger partial charge in [-0.05, 0) is 19.9 Å². The van der Waals surface area contributed by atoms with Crippen LogP contribution in [-0.2, 0) is 11.3 Å². The first-order valence-corrected chi connectivity index (χ1v) is 4.60. The number of hydrogen-bond acceptors (Lipinski definition) is 4. The summed E-state index contributed by atoms with van der Waals surface area (Å²) in [4.78, 5) is 11.4. The number of ether oxygens (including phenoxy) is 1. The maximum absolute atomic E-state index is 11.4. The van der Waals surface area contributed by atoms with Gasteiger partial charge in [-0.1, -0.05) is 0 Å². The maximum Gasteiger partial charge on any atom is 0.354 e. The number of methoxy groups -OCH3 is 1. The summed E-state index contributed by atoms with van der Waals surface area (Å²) in [5.41, 5.74) is 5.49. The summed E-state index contributed by atoms with van der Waals surface area (Å²) < 4.78 is 6.19. The number of carbonyl (C=O) groups excluding carboxylic acids is 1. The summed E-state index contributed by atoms with van der Waals surface area (Å²) >= 11 is 0. The Morgan fingerprint density at radius 2 is 2.27 bits per heavy atom. The first-order chi connectivity index (χ1) is 6.83. The molecule has 0 atom stereocenters. The molecule has 0 fully saturated rings. The molecule has 1 aromatic heterocycles. The van der Waals surface area contributed by atoms with Gasteiger partial charge in [-0.2, -0.15) is 0 Å². The number of aliphatic hydroxyl groups is 1. The van der Waals surface area contributed by atoms with Gasteiger partial charge in [0.05, 0.1) is 24.9 Å². The van der Waals surface area contributed by atoms with E-state index in [2.05, 4.69) is 4.74 Å².